The zero-order valence-corrected chi connectivity index (χ0v) is 10.3. The van der Waals surface area contributed by atoms with E-state index in [0.717, 1.165) is 0 Å². The first kappa shape index (κ1) is 17.9. The Labute approximate surface area is 116 Å². The zero-order chi connectivity index (χ0) is 16.8. The fraction of sp³-hybridized carbons (Fsp3) is 0.400. The van der Waals surface area contributed by atoms with Crippen molar-refractivity contribution in [3.8, 4) is 0 Å². The van der Waals surface area contributed by atoms with E-state index in [9.17, 15) is 39.5 Å². The van der Waals surface area contributed by atoms with Crippen molar-refractivity contribution in [1.29, 1.82) is 0 Å². The highest BCUT2D eigenvalue weighted by Gasteiger charge is 2.62. The Kier molecular flexibility index (Phi) is 4.46. The molecule has 0 aromatic heterocycles. The van der Waals surface area contributed by atoms with E-state index in [2.05, 4.69) is 5.73 Å². The normalized spacial score (nSPS) is 15.2. The number of benzene rings is 1. The highest BCUT2D eigenvalue weighted by Crippen LogP contribution is 2.45. The van der Waals surface area contributed by atoms with Gasteiger partial charge in [0.2, 0.25) is 0 Å². The predicted octanol–water partition coefficient (Wildman–Crippen LogP) is 4.70. The summed E-state index contributed by atoms with van der Waals surface area (Å²) in [5.41, 5.74) is 1.22. The largest absolute Gasteiger partial charge is 0.455 e. The molecule has 0 aliphatic carbocycles. The first-order valence-corrected chi connectivity index (χ1v) is 5.33. The molecule has 0 amide bonds. The first-order chi connectivity index (χ1) is 9.19. The molecule has 0 saturated heterocycles. The van der Waals surface area contributed by atoms with Gasteiger partial charge in [0.05, 0.1) is 10.6 Å². The van der Waals surface area contributed by atoms with E-state index in [0.29, 0.717) is 0 Å². The van der Waals surface area contributed by atoms with Crippen LogP contribution in [-0.4, -0.2) is 12.1 Å². The topological polar surface area (TPSA) is 26.0 Å². The van der Waals surface area contributed by atoms with Crippen LogP contribution in [-0.2, 0) is 6.18 Å². The fourth-order valence-electron chi connectivity index (χ4n) is 1.37. The van der Waals surface area contributed by atoms with E-state index in [1.165, 1.54) is 0 Å². The number of alkyl halides is 8. The monoisotopic (exact) mass is 345 g/mol. The van der Waals surface area contributed by atoms with Gasteiger partial charge in [0.15, 0.2) is 0 Å². The molecule has 1 rings (SSSR count). The van der Waals surface area contributed by atoms with Crippen molar-refractivity contribution >= 4 is 11.6 Å². The van der Waals surface area contributed by atoms with Crippen molar-refractivity contribution < 1.29 is 39.5 Å². The van der Waals surface area contributed by atoms with Gasteiger partial charge in [0.25, 0.3) is 0 Å². The molecule has 0 saturated carbocycles. The van der Waals surface area contributed by atoms with Crippen LogP contribution < -0.4 is 5.73 Å². The molecule has 0 bridgehead atoms. The number of halogens is 10. The SMILES string of the molecule is N[C@H](c1cc(C(F)(F)F)cc(Cl)c1F)C(F)(F)C(F)(F)F. The third-order valence-electron chi connectivity index (χ3n) is 2.49. The lowest BCUT2D eigenvalue weighted by atomic mass is 9.98. The maximum absolute atomic E-state index is 13.5. The van der Waals surface area contributed by atoms with E-state index in [1.54, 1.807) is 0 Å². The molecular weight excluding hydrogens is 341 g/mol. The number of hydrogen-bond donors (Lipinski definition) is 1. The summed E-state index contributed by atoms with van der Waals surface area (Å²) >= 11 is 5.08. The lowest BCUT2D eigenvalue weighted by Gasteiger charge is -2.26. The van der Waals surface area contributed by atoms with Gasteiger partial charge in [-0.1, -0.05) is 11.6 Å². The second-order valence-corrected chi connectivity index (χ2v) is 4.36. The van der Waals surface area contributed by atoms with Gasteiger partial charge < -0.3 is 5.73 Å². The molecule has 1 atom stereocenters. The maximum atomic E-state index is 13.5. The van der Waals surface area contributed by atoms with E-state index >= 15 is 0 Å². The van der Waals surface area contributed by atoms with Gasteiger partial charge in [0, 0.05) is 5.56 Å². The molecule has 11 heteroatoms. The van der Waals surface area contributed by atoms with Gasteiger partial charge in [-0.25, -0.2) is 4.39 Å². The van der Waals surface area contributed by atoms with Crippen molar-refractivity contribution in [2.75, 3.05) is 0 Å². The first-order valence-electron chi connectivity index (χ1n) is 4.96. The summed E-state index contributed by atoms with van der Waals surface area (Å²) in [6.07, 6.45) is -11.3. The minimum absolute atomic E-state index is 0.0544. The molecule has 1 nitrogen and oxygen atoms in total. The second kappa shape index (κ2) is 5.24. The maximum Gasteiger partial charge on any atom is 0.455 e. The molecule has 0 heterocycles. The van der Waals surface area contributed by atoms with E-state index in [-0.39, 0.29) is 12.1 Å². The molecule has 0 aliphatic rings. The Morgan fingerprint density at radius 1 is 0.952 bits per heavy atom. The van der Waals surface area contributed by atoms with Crippen LogP contribution >= 0.6 is 11.6 Å². The van der Waals surface area contributed by atoms with Crippen LogP contribution in [0.15, 0.2) is 12.1 Å². The van der Waals surface area contributed by atoms with Crippen molar-refractivity contribution in [2.45, 2.75) is 24.3 Å². The molecule has 0 spiro atoms. The van der Waals surface area contributed by atoms with Gasteiger partial charge in [0.1, 0.15) is 11.9 Å². The lowest BCUT2D eigenvalue weighted by molar-refractivity contribution is -0.291. The summed E-state index contributed by atoms with van der Waals surface area (Å²) in [5.74, 6) is -7.51. The fourth-order valence-corrected chi connectivity index (χ4v) is 1.60. The molecule has 0 unspecified atom stereocenters. The Morgan fingerprint density at radius 3 is 1.81 bits per heavy atom. The third kappa shape index (κ3) is 3.37. The van der Waals surface area contributed by atoms with Crippen molar-refractivity contribution in [3.05, 3.63) is 34.1 Å². The minimum Gasteiger partial charge on any atom is -0.319 e. The quantitative estimate of drug-likeness (QED) is 0.773. The summed E-state index contributed by atoms with van der Waals surface area (Å²) in [6, 6.07) is -3.55. The average molecular weight is 346 g/mol. The predicted molar refractivity (Wildman–Crippen MR) is 54.3 cm³/mol. The van der Waals surface area contributed by atoms with Crippen LogP contribution in [0.1, 0.15) is 17.2 Å². The van der Waals surface area contributed by atoms with Crippen molar-refractivity contribution in [2.24, 2.45) is 5.73 Å². The van der Waals surface area contributed by atoms with E-state index in [1.807, 2.05) is 0 Å². The molecule has 120 valence electrons. The molecule has 1 aromatic rings. The summed E-state index contributed by atoms with van der Waals surface area (Å²) in [6.45, 7) is 0. The van der Waals surface area contributed by atoms with E-state index < -0.39 is 46.3 Å². The van der Waals surface area contributed by atoms with Gasteiger partial charge in [-0.2, -0.15) is 35.1 Å². The number of rotatable bonds is 2. The Hall–Kier alpha value is -1.16. The molecule has 1 aromatic carbocycles. The minimum atomic E-state index is -6.17. The van der Waals surface area contributed by atoms with Crippen LogP contribution in [0.2, 0.25) is 5.02 Å². The average Bonchev–Trinajstić information content (AvgIpc) is 2.28. The zero-order valence-electron chi connectivity index (χ0n) is 9.59. The molecule has 0 radical (unpaired) electrons. The summed E-state index contributed by atoms with van der Waals surface area (Å²) < 4.78 is 113. The highest BCUT2D eigenvalue weighted by molar-refractivity contribution is 6.30. The standard InChI is InChI=1S/C10H5ClF9N/c11-5-2-3(9(15,16)17)1-4(6(5)12)7(21)8(13,14)10(18,19)20/h1-2,7H,21H2/t7-/m1/s1. The van der Waals surface area contributed by atoms with Crippen LogP contribution in [0.5, 0.6) is 0 Å². The van der Waals surface area contributed by atoms with Crippen LogP contribution in [0.3, 0.4) is 0 Å². The summed E-state index contributed by atoms with van der Waals surface area (Å²) in [5, 5.41) is -1.27. The Balaban J connectivity index is 3.47. The Morgan fingerprint density at radius 2 is 1.43 bits per heavy atom. The smallest absolute Gasteiger partial charge is 0.319 e. The molecular formula is C10H5ClF9N. The van der Waals surface area contributed by atoms with Crippen molar-refractivity contribution in [1.82, 2.24) is 0 Å². The molecule has 0 fully saturated rings. The second-order valence-electron chi connectivity index (χ2n) is 3.96. The van der Waals surface area contributed by atoms with Crippen LogP contribution in [0.4, 0.5) is 39.5 Å². The van der Waals surface area contributed by atoms with Gasteiger partial charge in [-0.15, -0.1) is 0 Å². The highest BCUT2D eigenvalue weighted by atomic mass is 35.5. The molecule has 2 N–H and O–H groups in total. The van der Waals surface area contributed by atoms with Gasteiger partial charge in [-0.3, -0.25) is 0 Å². The number of nitrogens with two attached hydrogens (primary N) is 1. The van der Waals surface area contributed by atoms with Gasteiger partial charge in [-0.05, 0) is 12.1 Å². The van der Waals surface area contributed by atoms with E-state index in [4.69, 9.17) is 11.6 Å². The lowest BCUT2D eigenvalue weighted by Crippen LogP contribution is -2.46. The Bertz CT molecular complexity index is 535. The van der Waals surface area contributed by atoms with Crippen LogP contribution in [0, 0.1) is 5.82 Å². The molecule has 21 heavy (non-hydrogen) atoms. The van der Waals surface area contributed by atoms with Crippen LogP contribution in [0.25, 0.3) is 0 Å². The number of hydrogen-bond acceptors (Lipinski definition) is 1. The third-order valence-corrected chi connectivity index (χ3v) is 2.76. The van der Waals surface area contributed by atoms with Crippen molar-refractivity contribution in [3.63, 3.8) is 0 Å². The summed E-state index contributed by atoms with van der Waals surface area (Å²) in [7, 11) is 0. The summed E-state index contributed by atoms with van der Waals surface area (Å²) in [4.78, 5) is 0. The van der Waals surface area contributed by atoms with Gasteiger partial charge >= 0.3 is 18.3 Å². The molecule has 0 aliphatic heterocycles.